The Balaban J connectivity index is 1.55. The molecule has 8 heteroatoms. The summed E-state index contributed by atoms with van der Waals surface area (Å²) >= 11 is 1.71. The minimum Gasteiger partial charge on any atom is -0.386 e. The SMILES string of the molecule is CCC(NC(=O)NCc1cc2c(s1)CCC2)C(O)c1ccc(C(F)(F)F)cc1. The van der Waals surface area contributed by atoms with Crippen LogP contribution in [0.5, 0.6) is 0 Å². The first-order chi connectivity index (χ1) is 13.3. The number of hydrogen-bond donors (Lipinski definition) is 3. The second-order valence-corrected chi connectivity index (χ2v) is 8.14. The molecule has 0 radical (unpaired) electrons. The number of carbonyl (C=O) groups is 1. The van der Waals surface area contributed by atoms with Gasteiger partial charge in [-0.1, -0.05) is 19.1 Å². The molecule has 0 spiro atoms. The molecule has 0 saturated carbocycles. The van der Waals surface area contributed by atoms with Gasteiger partial charge in [0.05, 0.1) is 24.3 Å². The van der Waals surface area contributed by atoms with E-state index < -0.39 is 29.9 Å². The Labute approximate surface area is 165 Å². The molecular weight excluding hydrogens is 389 g/mol. The van der Waals surface area contributed by atoms with E-state index in [1.54, 1.807) is 18.3 Å². The first-order valence-corrected chi connectivity index (χ1v) is 10.1. The van der Waals surface area contributed by atoms with Crippen LogP contribution in [0.15, 0.2) is 30.3 Å². The molecule has 2 aromatic rings. The Morgan fingerprint density at radius 3 is 2.57 bits per heavy atom. The van der Waals surface area contributed by atoms with E-state index in [1.807, 2.05) is 0 Å². The predicted octanol–water partition coefficient (Wildman–Crippen LogP) is 4.57. The van der Waals surface area contributed by atoms with Crippen LogP contribution < -0.4 is 10.6 Å². The van der Waals surface area contributed by atoms with Gasteiger partial charge in [0.1, 0.15) is 0 Å². The number of halogens is 3. The largest absolute Gasteiger partial charge is 0.416 e. The summed E-state index contributed by atoms with van der Waals surface area (Å²) in [4.78, 5) is 14.7. The highest BCUT2D eigenvalue weighted by atomic mass is 32.1. The second-order valence-electron chi connectivity index (χ2n) is 6.92. The highest BCUT2D eigenvalue weighted by molar-refractivity contribution is 7.12. The topological polar surface area (TPSA) is 61.4 Å². The van der Waals surface area contributed by atoms with Crippen LogP contribution in [-0.2, 0) is 25.6 Å². The summed E-state index contributed by atoms with van der Waals surface area (Å²) in [6.07, 6.45) is -1.70. The third kappa shape index (κ3) is 4.86. The van der Waals surface area contributed by atoms with Gasteiger partial charge < -0.3 is 15.7 Å². The van der Waals surface area contributed by atoms with Crippen molar-refractivity contribution in [3.05, 3.63) is 56.8 Å². The molecule has 2 amide bonds. The molecule has 0 fully saturated rings. The number of hydrogen-bond acceptors (Lipinski definition) is 3. The van der Waals surface area contributed by atoms with E-state index in [2.05, 4.69) is 16.7 Å². The average molecular weight is 412 g/mol. The Morgan fingerprint density at radius 2 is 1.96 bits per heavy atom. The number of benzene rings is 1. The molecule has 3 rings (SSSR count). The first kappa shape index (κ1) is 20.7. The van der Waals surface area contributed by atoms with Crippen molar-refractivity contribution in [2.45, 2.75) is 57.5 Å². The summed E-state index contributed by atoms with van der Waals surface area (Å²) < 4.78 is 38.0. The van der Waals surface area contributed by atoms with Crippen molar-refractivity contribution in [2.75, 3.05) is 0 Å². The number of urea groups is 1. The monoisotopic (exact) mass is 412 g/mol. The first-order valence-electron chi connectivity index (χ1n) is 9.28. The molecule has 152 valence electrons. The number of aryl methyl sites for hydroxylation is 2. The summed E-state index contributed by atoms with van der Waals surface area (Å²) in [5.74, 6) is 0. The molecule has 1 aliphatic rings. The predicted molar refractivity (Wildman–Crippen MR) is 102 cm³/mol. The van der Waals surface area contributed by atoms with Crippen molar-refractivity contribution in [1.29, 1.82) is 0 Å². The van der Waals surface area contributed by atoms with Gasteiger partial charge in [-0.25, -0.2) is 4.79 Å². The highest BCUT2D eigenvalue weighted by Gasteiger charge is 2.30. The third-order valence-corrected chi connectivity index (χ3v) is 6.17. The fourth-order valence-corrected chi connectivity index (χ4v) is 4.57. The zero-order chi connectivity index (χ0) is 20.3. The number of rotatable bonds is 6. The molecule has 1 aromatic carbocycles. The lowest BCUT2D eigenvalue weighted by Crippen LogP contribution is -2.44. The van der Waals surface area contributed by atoms with Crippen molar-refractivity contribution in [3.8, 4) is 0 Å². The van der Waals surface area contributed by atoms with Gasteiger partial charge in [-0.05, 0) is 55.0 Å². The standard InChI is InChI=1S/C20H23F3N2O2S/c1-2-16(18(26)12-6-8-14(9-7-12)20(21,22)23)25-19(27)24-11-15-10-13-4-3-5-17(13)28-15/h6-10,16,18,26H,2-5,11H2,1H3,(H2,24,25,27). The fourth-order valence-electron chi connectivity index (χ4n) is 3.37. The smallest absolute Gasteiger partial charge is 0.386 e. The number of amides is 2. The lowest BCUT2D eigenvalue weighted by atomic mass is 9.99. The maximum absolute atomic E-state index is 12.7. The van der Waals surface area contributed by atoms with Gasteiger partial charge >= 0.3 is 12.2 Å². The van der Waals surface area contributed by atoms with Gasteiger partial charge in [0.25, 0.3) is 0 Å². The van der Waals surface area contributed by atoms with Gasteiger partial charge in [0.15, 0.2) is 0 Å². The van der Waals surface area contributed by atoms with E-state index in [0.29, 0.717) is 18.5 Å². The van der Waals surface area contributed by atoms with E-state index in [1.165, 1.54) is 29.0 Å². The van der Waals surface area contributed by atoms with Gasteiger partial charge in [0, 0.05) is 9.75 Å². The molecule has 2 atom stereocenters. The van der Waals surface area contributed by atoms with Crippen LogP contribution in [0.1, 0.15) is 52.3 Å². The Kier molecular flexibility index (Phi) is 6.30. The minimum absolute atomic E-state index is 0.329. The Morgan fingerprint density at radius 1 is 1.25 bits per heavy atom. The van der Waals surface area contributed by atoms with Gasteiger partial charge in [-0.15, -0.1) is 11.3 Å². The van der Waals surface area contributed by atoms with Crippen LogP contribution in [0.2, 0.25) is 0 Å². The Bertz CT molecular complexity index is 796. The summed E-state index contributed by atoms with van der Waals surface area (Å²) in [5.41, 5.74) is 0.922. The zero-order valence-corrected chi connectivity index (χ0v) is 16.3. The molecule has 4 nitrogen and oxygen atoms in total. The Hall–Kier alpha value is -2.06. The van der Waals surface area contributed by atoms with E-state index in [9.17, 15) is 23.1 Å². The van der Waals surface area contributed by atoms with Crippen molar-refractivity contribution in [2.24, 2.45) is 0 Å². The average Bonchev–Trinajstić information content (AvgIpc) is 3.25. The lowest BCUT2D eigenvalue weighted by molar-refractivity contribution is -0.137. The summed E-state index contributed by atoms with van der Waals surface area (Å²) in [6.45, 7) is 2.21. The van der Waals surface area contributed by atoms with E-state index in [-0.39, 0.29) is 0 Å². The third-order valence-electron chi connectivity index (χ3n) is 4.94. The quantitative estimate of drug-likeness (QED) is 0.651. The van der Waals surface area contributed by atoms with Gasteiger partial charge in [-0.2, -0.15) is 13.2 Å². The minimum atomic E-state index is -4.42. The van der Waals surface area contributed by atoms with E-state index in [4.69, 9.17) is 0 Å². The van der Waals surface area contributed by atoms with Crippen molar-refractivity contribution in [3.63, 3.8) is 0 Å². The molecule has 0 aliphatic heterocycles. The molecule has 2 unspecified atom stereocenters. The summed E-state index contributed by atoms with van der Waals surface area (Å²) in [5, 5.41) is 16.0. The van der Waals surface area contributed by atoms with Crippen LogP contribution in [-0.4, -0.2) is 17.2 Å². The summed E-state index contributed by atoms with van der Waals surface area (Å²) in [7, 11) is 0. The second kappa shape index (κ2) is 8.53. The van der Waals surface area contributed by atoms with Crippen molar-refractivity contribution < 1.29 is 23.1 Å². The van der Waals surface area contributed by atoms with Crippen molar-refractivity contribution >= 4 is 17.4 Å². The van der Waals surface area contributed by atoms with Crippen LogP contribution >= 0.6 is 11.3 Å². The number of nitrogens with one attached hydrogen (secondary N) is 2. The molecule has 3 N–H and O–H groups in total. The molecule has 1 heterocycles. The molecular formula is C20H23F3N2O2S. The molecule has 0 bridgehead atoms. The zero-order valence-electron chi connectivity index (χ0n) is 15.5. The van der Waals surface area contributed by atoms with Crippen LogP contribution in [0.25, 0.3) is 0 Å². The lowest BCUT2D eigenvalue weighted by Gasteiger charge is -2.23. The maximum Gasteiger partial charge on any atom is 0.416 e. The highest BCUT2D eigenvalue weighted by Crippen LogP contribution is 2.31. The molecule has 0 saturated heterocycles. The van der Waals surface area contributed by atoms with Gasteiger partial charge in [0.2, 0.25) is 0 Å². The van der Waals surface area contributed by atoms with Crippen LogP contribution in [0, 0.1) is 0 Å². The number of aliphatic hydroxyl groups excluding tert-OH is 1. The summed E-state index contributed by atoms with van der Waals surface area (Å²) in [6, 6.07) is 5.45. The van der Waals surface area contributed by atoms with E-state index in [0.717, 1.165) is 29.9 Å². The normalized spacial score (nSPS) is 15.8. The maximum atomic E-state index is 12.7. The molecule has 28 heavy (non-hydrogen) atoms. The molecule has 1 aliphatic carbocycles. The van der Waals surface area contributed by atoms with Crippen molar-refractivity contribution in [1.82, 2.24) is 10.6 Å². The number of thiophene rings is 1. The number of alkyl halides is 3. The van der Waals surface area contributed by atoms with Crippen LogP contribution in [0.3, 0.4) is 0 Å². The fraction of sp³-hybridized carbons (Fsp3) is 0.450. The van der Waals surface area contributed by atoms with Gasteiger partial charge in [-0.3, -0.25) is 0 Å². The number of carbonyl (C=O) groups excluding carboxylic acids is 1. The number of aliphatic hydroxyl groups is 1. The number of fused-ring (bicyclic) bond motifs is 1. The van der Waals surface area contributed by atoms with Crippen LogP contribution in [0.4, 0.5) is 18.0 Å². The van der Waals surface area contributed by atoms with E-state index >= 15 is 0 Å². The molecule has 1 aromatic heterocycles.